The Hall–Kier alpha value is -1.50. The quantitative estimate of drug-likeness (QED) is 0.747. The molecule has 0 aliphatic heterocycles. The van der Waals surface area contributed by atoms with Gasteiger partial charge in [0.1, 0.15) is 12.4 Å². The SMILES string of the molecule is COCCNCc1ccc(OCc2cncs2)cn1. The Morgan fingerprint density at radius 2 is 2.26 bits per heavy atom. The van der Waals surface area contributed by atoms with E-state index >= 15 is 0 Å². The summed E-state index contributed by atoms with van der Waals surface area (Å²) >= 11 is 1.58. The van der Waals surface area contributed by atoms with Crippen molar-refractivity contribution in [3.63, 3.8) is 0 Å². The summed E-state index contributed by atoms with van der Waals surface area (Å²) in [6.45, 7) is 2.80. The Balaban J connectivity index is 1.74. The summed E-state index contributed by atoms with van der Waals surface area (Å²) in [4.78, 5) is 9.44. The molecule has 0 spiro atoms. The summed E-state index contributed by atoms with van der Waals surface area (Å²) in [6, 6.07) is 3.89. The van der Waals surface area contributed by atoms with Gasteiger partial charge in [0.2, 0.25) is 0 Å². The van der Waals surface area contributed by atoms with E-state index in [4.69, 9.17) is 9.47 Å². The van der Waals surface area contributed by atoms with Crippen LogP contribution in [-0.4, -0.2) is 30.2 Å². The lowest BCUT2D eigenvalue weighted by atomic mass is 10.3. The highest BCUT2D eigenvalue weighted by Crippen LogP contribution is 2.13. The number of pyridine rings is 1. The van der Waals surface area contributed by atoms with E-state index < -0.39 is 0 Å². The third-order valence-corrected chi connectivity index (χ3v) is 3.20. The first kappa shape index (κ1) is 13.9. The molecule has 2 heterocycles. The summed E-state index contributed by atoms with van der Waals surface area (Å²) in [5, 5.41) is 3.24. The van der Waals surface area contributed by atoms with E-state index in [-0.39, 0.29) is 0 Å². The fourth-order valence-electron chi connectivity index (χ4n) is 1.46. The molecule has 2 aromatic rings. The third kappa shape index (κ3) is 4.94. The molecule has 102 valence electrons. The molecule has 0 aliphatic rings. The largest absolute Gasteiger partial charge is 0.486 e. The van der Waals surface area contributed by atoms with Crippen molar-refractivity contribution in [1.29, 1.82) is 0 Å². The first-order valence-electron chi connectivity index (χ1n) is 6.03. The van der Waals surface area contributed by atoms with Crippen LogP contribution in [0.15, 0.2) is 30.0 Å². The average molecular weight is 279 g/mol. The molecule has 5 nitrogen and oxygen atoms in total. The maximum absolute atomic E-state index is 5.62. The van der Waals surface area contributed by atoms with Gasteiger partial charge in [0, 0.05) is 26.4 Å². The molecular weight excluding hydrogens is 262 g/mol. The van der Waals surface area contributed by atoms with Gasteiger partial charge in [0.05, 0.1) is 28.9 Å². The number of ether oxygens (including phenoxy) is 2. The average Bonchev–Trinajstić information content (AvgIpc) is 2.96. The van der Waals surface area contributed by atoms with E-state index in [9.17, 15) is 0 Å². The second-order valence-electron chi connectivity index (χ2n) is 3.91. The minimum atomic E-state index is 0.539. The second-order valence-corrected chi connectivity index (χ2v) is 4.88. The maximum Gasteiger partial charge on any atom is 0.138 e. The fourth-order valence-corrected chi connectivity index (χ4v) is 1.97. The van der Waals surface area contributed by atoms with Crippen LogP contribution in [-0.2, 0) is 17.9 Å². The second kappa shape index (κ2) is 7.83. The zero-order valence-electron chi connectivity index (χ0n) is 10.8. The fraction of sp³-hybridized carbons (Fsp3) is 0.385. The van der Waals surface area contributed by atoms with Crippen molar-refractivity contribution in [2.75, 3.05) is 20.3 Å². The van der Waals surface area contributed by atoms with Crippen molar-refractivity contribution in [1.82, 2.24) is 15.3 Å². The van der Waals surface area contributed by atoms with Gasteiger partial charge in [0.15, 0.2) is 0 Å². The number of nitrogens with zero attached hydrogens (tertiary/aromatic N) is 2. The van der Waals surface area contributed by atoms with Crippen molar-refractivity contribution in [3.8, 4) is 5.75 Å². The molecule has 6 heteroatoms. The standard InChI is InChI=1S/C13H17N3O2S/c1-17-5-4-14-6-11-2-3-12(7-16-11)18-9-13-8-15-10-19-13/h2-3,7-8,10,14H,4-6,9H2,1H3. The smallest absolute Gasteiger partial charge is 0.138 e. The van der Waals surface area contributed by atoms with Crippen molar-refractivity contribution < 1.29 is 9.47 Å². The number of aromatic nitrogens is 2. The van der Waals surface area contributed by atoms with Crippen molar-refractivity contribution in [2.45, 2.75) is 13.2 Å². The zero-order chi connectivity index (χ0) is 13.3. The van der Waals surface area contributed by atoms with Gasteiger partial charge < -0.3 is 14.8 Å². The highest BCUT2D eigenvalue weighted by molar-refractivity contribution is 7.09. The van der Waals surface area contributed by atoms with Gasteiger partial charge in [0.25, 0.3) is 0 Å². The molecule has 0 aromatic carbocycles. The van der Waals surface area contributed by atoms with Gasteiger partial charge >= 0.3 is 0 Å². The number of hydrogen-bond acceptors (Lipinski definition) is 6. The van der Waals surface area contributed by atoms with Crippen molar-refractivity contribution in [2.24, 2.45) is 0 Å². The summed E-state index contributed by atoms with van der Waals surface area (Å²) in [5.74, 6) is 0.772. The summed E-state index contributed by atoms with van der Waals surface area (Å²) in [6.07, 6.45) is 3.56. The van der Waals surface area contributed by atoms with Crippen LogP contribution in [0.3, 0.4) is 0 Å². The van der Waals surface area contributed by atoms with Crippen LogP contribution in [0.2, 0.25) is 0 Å². The zero-order valence-corrected chi connectivity index (χ0v) is 11.7. The van der Waals surface area contributed by atoms with Gasteiger partial charge in [-0.2, -0.15) is 0 Å². The lowest BCUT2D eigenvalue weighted by Gasteiger charge is -2.06. The Bertz CT molecular complexity index is 459. The molecule has 2 aromatic heterocycles. The first-order chi connectivity index (χ1) is 9.38. The molecule has 2 rings (SSSR count). The van der Waals surface area contributed by atoms with E-state index in [0.717, 1.165) is 29.4 Å². The number of hydrogen-bond donors (Lipinski definition) is 1. The Labute approximate surface area is 116 Å². The van der Waals surface area contributed by atoms with E-state index in [2.05, 4.69) is 15.3 Å². The van der Waals surface area contributed by atoms with Crippen LogP contribution in [0, 0.1) is 0 Å². The van der Waals surface area contributed by atoms with E-state index in [1.165, 1.54) is 0 Å². The van der Waals surface area contributed by atoms with Crippen LogP contribution in [0.1, 0.15) is 10.6 Å². The van der Waals surface area contributed by atoms with Crippen molar-refractivity contribution in [3.05, 3.63) is 40.6 Å². The van der Waals surface area contributed by atoms with Gasteiger partial charge in [-0.1, -0.05) is 0 Å². The highest BCUT2D eigenvalue weighted by atomic mass is 32.1. The normalized spacial score (nSPS) is 10.6. The molecule has 0 bridgehead atoms. The van der Waals surface area contributed by atoms with Crippen LogP contribution < -0.4 is 10.1 Å². The molecule has 19 heavy (non-hydrogen) atoms. The topological polar surface area (TPSA) is 56.3 Å². The Morgan fingerprint density at radius 1 is 1.32 bits per heavy atom. The summed E-state index contributed by atoms with van der Waals surface area (Å²) < 4.78 is 10.6. The highest BCUT2D eigenvalue weighted by Gasteiger charge is 1.99. The molecule has 0 atom stereocenters. The predicted octanol–water partition coefficient (Wildman–Crippen LogP) is 1.85. The molecule has 0 radical (unpaired) electrons. The van der Waals surface area contributed by atoms with E-state index in [0.29, 0.717) is 13.2 Å². The van der Waals surface area contributed by atoms with E-state index in [1.807, 2.05) is 18.3 Å². The summed E-state index contributed by atoms with van der Waals surface area (Å²) in [5.41, 5.74) is 2.78. The molecule has 0 saturated carbocycles. The Kier molecular flexibility index (Phi) is 5.74. The van der Waals surface area contributed by atoms with Crippen LogP contribution in [0.25, 0.3) is 0 Å². The molecular formula is C13H17N3O2S. The maximum atomic E-state index is 5.62. The van der Waals surface area contributed by atoms with Gasteiger partial charge in [-0.25, -0.2) is 0 Å². The number of thiazole rings is 1. The predicted molar refractivity (Wildman–Crippen MR) is 74.3 cm³/mol. The molecule has 0 unspecified atom stereocenters. The number of methoxy groups -OCH3 is 1. The van der Waals surface area contributed by atoms with Crippen LogP contribution in [0.4, 0.5) is 0 Å². The molecule has 0 aliphatic carbocycles. The first-order valence-corrected chi connectivity index (χ1v) is 6.91. The van der Waals surface area contributed by atoms with Crippen molar-refractivity contribution >= 4 is 11.3 Å². The van der Waals surface area contributed by atoms with Gasteiger partial charge in [-0.15, -0.1) is 11.3 Å². The molecule has 0 amide bonds. The monoisotopic (exact) mass is 279 g/mol. The third-order valence-electron chi connectivity index (χ3n) is 2.45. The Morgan fingerprint density at radius 3 is 2.95 bits per heavy atom. The molecule has 1 N–H and O–H groups in total. The minimum absolute atomic E-state index is 0.539. The van der Waals surface area contributed by atoms with Gasteiger partial charge in [-0.05, 0) is 12.1 Å². The number of nitrogens with one attached hydrogen (secondary N) is 1. The van der Waals surface area contributed by atoms with E-state index in [1.54, 1.807) is 30.2 Å². The lowest BCUT2D eigenvalue weighted by molar-refractivity contribution is 0.199. The number of rotatable bonds is 8. The summed E-state index contributed by atoms with van der Waals surface area (Å²) in [7, 11) is 1.69. The van der Waals surface area contributed by atoms with Crippen LogP contribution >= 0.6 is 11.3 Å². The van der Waals surface area contributed by atoms with Gasteiger partial charge in [-0.3, -0.25) is 9.97 Å². The van der Waals surface area contributed by atoms with Crippen LogP contribution in [0.5, 0.6) is 5.75 Å². The minimum Gasteiger partial charge on any atom is -0.486 e. The molecule has 0 saturated heterocycles. The lowest BCUT2D eigenvalue weighted by Crippen LogP contribution is -2.19. The molecule has 0 fully saturated rings.